The largest absolute Gasteiger partial charge is 0.481 e. The number of aliphatic carboxylic acids is 1. The number of hydrogen-bond donors (Lipinski definition) is 2. The van der Waals surface area contributed by atoms with E-state index in [1.165, 1.54) is 12.1 Å². The maximum absolute atomic E-state index is 12.9. The van der Waals surface area contributed by atoms with Gasteiger partial charge in [-0.1, -0.05) is 37.3 Å². The van der Waals surface area contributed by atoms with Crippen molar-refractivity contribution in [3.05, 3.63) is 64.7 Å². The third-order valence-corrected chi connectivity index (χ3v) is 5.49. The van der Waals surface area contributed by atoms with Gasteiger partial charge in [0.25, 0.3) is 5.91 Å². The predicted molar refractivity (Wildman–Crippen MR) is 103 cm³/mol. The minimum atomic E-state index is -3.46. The molecule has 0 aliphatic carbocycles. The number of carbonyl (C=O) groups excluding carboxylic acids is 1. The van der Waals surface area contributed by atoms with Gasteiger partial charge in [0, 0.05) is 11.8 Å². The van der Waals surface area contributed by atoms with Crippen molar-refractivity contribution in [1.82, 2.24) is 5.32 Å². The summed E-state index contributed by atoms with van der Waals surface area (Å²) < 4.78 is 23.7. The number of carbonyl (C=O) groups is 2. The lowest BCUT2D eigenvalue weighted by Crippen LogP contribution is -2.31. The monoisotopic (exact) mass is 389 g/mol. The molecule has 6 nitrogen and oxygen atoms in total. The summed E-state index contributed by atoms with van der Waals surface area (Å²) >= 11 is 0. The van der Waals surface area contributed by atoms with Crippen molar-refractivity contribution in [2.45, 2.75) is 37.6 Å². The molecule has 0 fully saturated rings. The highest BCUT2D eigenvalue weighted by Gasteiger charge is 2.22. The molecule has 2 aromatic rings. The molecule has 0 aliphatic rings. The number of aryl methyl sites for hydroxylation is 2. The summed E-state index contributed by atoms with van der Waals surface area (Å²) in [5, 5.41) is 12.0. The molecule has 144 valence electrons. The average molecular weight is 389 g/mol. The average Bonchev–Trinajstić information content (AvgIpc) is 2.59. The van der Waals surface area contributed by atoms with E-state index in [1.807, 2.05) is 26.0 Å². The van der Waals surface area contributed by atoms with E-state index in [2.05, 4.69) is 5.32 Å². The van der Waals surface area contributed by atoms with Crippen LogP contribution in [0, 0.1) is 6.92 Å². The Balaban J connectivity index is 2.43. The number of amides is 1. The molecule has 0 heterocycles. The highest BCUT2D eigenvalue weighted by Crippen LogP contribution is 2.23. The Labute approximate surface area is 159 Å². The fraction of sp³-hybridized carbons (Fsp3) is 0.300. The number of carboxylic acids is 1. The van der Waals surface area contributed by atoms with Gasteiger partial charge in [-0.25, -0.2) is 8.42 Å². The summed E-state index contributed by atoms with van der Waals surface area (Å²) in [5.41, 5.74) is 2.51. The highest BCUT2D eigenvalue weighted by atomic mass is 32.2. The Bertz CT molecular complexity index is 966. The molecule has 1 atom stereocenters. The first-order valence-corrected chi connectivity index (χ1v) is 10.4. The van der Waals surface area contributed by atoms with Crippen LogP contribution in [0.4, 0.5) is 0 Å². The van der Waals surface area contributed by atoms with E-state index in [9.17, 15) is 23.1 Å². The number of carboxylic acid groups (broad SMARTS) is 1. The maximum atomic E-state index is 12.9. The van der Waals surface area contributed by atoms with E-state index < -0.39 is 27.8 Å². The zero-order valence-electron chi connectivity index (χ0n) is 15.5. The molecule has 1 unspecified atom stereocenters. The standard InChI is InChI=1S/C20H23NO5S/c1-4-14-9-10-15(27(3,25)26)11-17(14)20(24)21-18(12-19(22)23)16-8-6-5-7-13(16)2/h5-11,18H,4,12H2,1-3H3,(H,21,24)(H,22,23). The third kappa shape index (κ3) is 5.17. The summed E-state index contributed by atoms with van der Waals surface area (Å²) in [6, 6.07) is 11.0. The van der Waals surface area contributed by atoms with Crippen molar-refractivity contribution in [3.63, 3.8) is 0 Å². The molecule has 2 rings (SSSR count). The Morgan fingerprint density at radius 2 is 1.81 bits per heavy atom. The fourth-order valence-electron chi connectivity index (χ4n) is 2.93. The van der Waals surface area contributed by atoms with E-state index in [4.69, 9.17) is 0 Å². The lowest BCUT2D eigenvalue weighted by atomic mass is 9.97. The minimum absolute atomic E-state index is 0.0514. The normalized spacial score (nSPS) is 12.4. The summed E-state index contributed by atoms with van der Waals surface area (Å²) in [6.07, 6.45) is 1.35. The lowest BCUT2D eigenvalue weighted by Gasteiger charge is -2.20. The Hall–Kier alpha value is -2.67. The summed E-state index contributed by atoms with van der Waals surface area (Å²) in [5.74, 6) is -1.53. The lowest BCUT2D eigenvalue weighted by molar-refractivity contribution is -0.137. The summed E-state index contributed by atoms with van der Waals surface area (Å²) in [4.78, 5) is 24.2. The van der Waals surface area contributed by atoms with Crippen LogP contribution in [0.2, 0.25) is 0 Å². The minimum Gasteiger partial charge on any atom is -0.481 e. The predicted octanol–water partition coefficient (Wildman–Crippen LogP) is 2.91. The van der Waals surface area contributed by atoms with Gasteiger partial charge in [-0.05, 0) is 42.2 Å². The van der Waals surface area contributed by atoms with Gasteiger partial charge < -0.3 is 10.4 Å². The van der Waals surface area contributed by atoms with Gasteiger partial charge in [-0.3, -0.25) is 9.59 Å². The van der Waals surface area contributed by atoms with Crippen molar-refractivity contribution in [2.24, 2.45) is 0 Å². The number of benzene rings is 2. The van der Waals surface area contributed by atoms with Crippen molar-refractivity contribution >= 4 is 21.7 Å². The number of nitrogens with one attached hydrogen (secondary N) is 1. The molecule has 0 aromatic heterocycles. The van der Waals surface area contributed by atoms with Crippen molar-refractivity contribution in [2.75, 3.05) is 6.26 Å². The number of hydrogen-bond acceptors (Lipinski definition) is 4. The second kappa shape index (κ2) is 8.35. The van der Waals surface area contributed by atoms with E-state index in [0.29, 0.717) is 17.5 Å². The van der Waals surface area contributed by atoms with Crippen LogP contribution >= 0.6 is 0 Å². The van der Waals surface area contributed by atoms with E-state index in [1.54, 1.807) is 18.2 Å². The smallest absolute Gasteiger partial charge is 0.305 e. The molecule has 0 spiro atoms. The molecule has 2 aromatic carbocycles. The highest BCUT2D eigenvalue weighted by molar-refractivity contribution is 7.90. The summed E-state index contributed by atoms with van der Waals surface area (Å²) in [6.45, 7) is 3.71. The molecule has 1 amide bonds. The van der Waals surface area contributed by atoms with Gasteiger partial charge in [0.2, 0.25) is 0 Å². The molecule has 0 saturated carbocycles. The van der Waals surface area contributed by atoms with Crippen molar-refractivity contribution in [3.8, 4) is 0 Å². The van der Waals surface area contributed by atoms with Gasteiger partial charge in [-0.2, -0.15) is 0 Å². The zero-order valence-corrected chi connectivity index (χ0v) is 16.3. The van der Waals surface area contributed by atoms with Crippen LogP contribution < -0.4 is 5.32 Å². The Morgan fingerprint density at radius 3 is 2.37 bits per heavy atom. The number of rotatable bonds is 7. The Morgan fingerprint density at radius 1 is 1.15 bits per heavy atom. The van der Waals surface area contributed by atoms with Crippen LogP contribution in [0.25, 0.3) is 0 Å². The third-order valence-electron chi connectivity index (χ3n) is 4.38. The van der Waals surface area contributed by atoms with Gasteiger partial charge >= 0.3 is 5.97 Å². The molecule has 2 N–H and O–H groups in total. The van der Waals surface area contributed by atoms with Crippen LogP contribution in [0.3, 0.4) is 0 Å². The first-order valence-electron chi connectivity index (χ1n) is 8.54. The molecule has 7 heteroatoms. The maximum Gasteiger partial charge on any atom is 0.305 e. The van der Waals surface area contributed by atoms with Gasteiger partial charge in [0.15, 0.2) is 9.84 Å². The van der Waals surface area contributed by atoms with E-state index in [0.717, 1.165) is 11.8 Å². The second-order valence-electron chi connectivity index (χ2n) is 6.43. The van der Waals surface area contributed by atoms with Crippen LogP contribution in [0.15, 0.2) is 47.4 Å². The Kier molecular flexibility index (Phi) is 6.38. The molecule has 0 bridgehead atoms. The van der Waals surface area contributed by atoms with Crippen molar-refractivity contribution in [1.29, 1.82) is 0 Å². The zero-order chi connectivity index (χ0) is 20.2. The SMILES string of the molecule is CCc1ccc(S(C)(=O)=O)cc1C(=O)NC(CC(=O)O)c1ccccc1C. The quantitative estimate of drug-likeness (QED) is 0.758. The summed E-state index contributed by atoms with van der Waals surface area (Å²) in [7, 11) is -3.46. The van der Waals surface area contributed by atoms with Crippen LogP contribution in [0.5, 0.6) is 0 Å². The van der Waals surface area contributed by atoms with Gasteiger partial charge in [-0.15, -0.1) is 0 Å². The molecule has 27 heavy (non-hydrogen) atoms. The fourth-order valence-corrected chi connectivity index (χ4v) is 3.58. The van der Waals surface area contributed by atoms with E-state index in [-0.39, 0.29) is 16.9 Å². The molecule has 0 saturated heterocycles. The molecule has 0 aliphatic heterocycles. The second-order valence-corrected chi connectivity index (χ2v) is 8.44. The van der Waals surface area contributed by atoms with Gasteiger partial charge in [0.1, 0.15) is 0 Å². The van der Waals surface area contributed by atoms with Gasteiger partial charge in [0.05, 0.1) is 17.4 Å². The topological polar surface area (TPSA) is 101 Å². The number of sulfone groups is 1. The van der Waals surface area contributed by atoms with Crippen LogP contribution in [0.1, 0.15) is 46.4 Å². The van der Waals surface area contributed by atoms with Crippen LogP contribution in [-0.4, -0.2) is 31.7 Å². The first kappa shape index (κ1) is 20.6. The first-order chi connectivity index (χ1) is 12.6. The van der Waals surface area contributed by atoms with E-state index >= 15 is 0 Å². The molecular formula is C20H23NO5S. The van der Waals surface area contributed by atoms with Crippen LogP contribution in [-0.2, 0) is 21.1 Å². The molecule has 0 radical (unpaired) electrons. The van der Waals surface area contributed by atoms with Crippen molar-refractivity contribution < 1.29 is 23.1 Å². The molecular weight excluding hydrogens is 366 g/mol.